The highest BCUT2D eigenvalue weighted by atomic mass is 31.2. The molecule has 0 amide bonds. The molecule has 0 bridgehead atoms. The van der Waals surface area contributed by atoms with Crippen molar-refractivity contribution >= 4 is 19.8 Å². The van der Waals surface area contributed by atoms with Crippen LogP contribution in [0.4, 0.5) is 0 Å². The molecule has 0 rings (SSSR count). The number of allylic oxidation sites excluding steroid dienone is 2. The molecule has 0 aromatic heterocycles. The van der Waals surface area contributed by atoms with E-state index in [1.807, 2.05) is 0 Å². The highest BCUT2D eigenvalue weighted by molar-refractivity contribution is 7.46. The number of phosphoric ester groups is 1. The second-order valence-corrected chi connectivity index (χ2v) is 12.7. The van der Waals surface area contributed by atoms with Gasteiger partial charge in [-0.25, -0.2) is 4.57 Å². The number of unbranched alkanes of at least 4 members (excludes halogenated alkanes) is 19. The molecule has 0 aromatic rings. The van der Waals surface area contributed by atoms with Crippen molar-refractivity contribution in [3.05, 3.63) is 12.2 Å². The summed E-state index contributed by atoms with van der Waals surface area (Å²) < 4.78 is 26.2. The molecule has 0 aliphatic heterocycles. The minimum absolute atomic E-state index is 0.205. The Morgan fingerprint density at radius 1 is 0.595 bits per heavy atom. The molecule has 248 valence electrons. The van der Waals surface area contributed by atoms with Crippen molar-refractivity contribution < 1.29 is 37.9 Å². The molecule has 0 saturated heterocycles. The third kappa shape index (κ3) is 31.7. The van der Waals surface area contributed by atoms with Crippen LogP contribution in [0.3, 0.4) is 0 Å². The van der Waals surface area contributed by atoms with Gasteiger partial charge in [-0.3, -0.25) is 14.1 Å². The molecule has 0 radical (unpaired) electrons. The molecule has 0 heterocycles. The number of esters is 2. The quantitative estimate of drug-likeness (QED) is 0.0341. The lowest BCUT2D eigenvalue weighted by Gasteiger charge is -2.18. The fourth-order valence-electron chi connectivity index (χ4n) is 4.72. The molecule has 2 N–H and O–H groups in total. The Labute approximate surface area is 257 Å². The minimum atomic E-state index is -4.74. The molecule has 0 fully saturated rings. The Bertz CT molecular complexity index is 706. The average molecular weight is 619 g/mol. The SMILES string of the molecule is CCCCC/C=C/CCCCCCCC(=O)O[C@H](COC(=O)CCCCCCCCCCCCCC)COP(=O)(O)O. The first-order valence-electron chi connectivity index (χ1n) is 17.0. The lowest BCUT2D eigenvalue weighted by atomic mass is 10.0. The summed E-state index contributed by atoms with van der Waals surface area (Å²) in [5.74, 6) is -0.892. The van der Waals surface area contributed by atoms with Gasteiger partial charge in [-0.1, -0.05) is 129 Å². The van der Waals surface area contributed by atoms with E-state index in [4.69, 9.17) is 19.3 Å². The number of rotatable bonds is 31. The van der Waals surface area contributed by atoms with E-state index in [1.165, 1.54) is 77.0 Å². The van der Waals surface area contributed by atoms with E-state index in [0.29, 0.717) is 6.42 Å². The molecule has 0 aliphatic rings. The van der Waals surface area contributed by atoms with Crippen LogP contribution in [-0.4, -0.2) is 41.0 Å². The van der Waals surface area contributed by atoms with Crippen molar-refractivity contribution in [1.82, 2.24) is 0 Å². The van der Waals surface area contributed by atoms with Crippen molar-refractivity contribution in [1.29, 1.82) is 0 Å². The van der Waals surface area contributed by atoms with Crippen LogP contribution in [-0.2, 0) is 28.2 Å². The molecular formula is C33H63O8P. The number of hydrogen-bond acceptors (Lipinski definition) is 6. The second kappa shape index (κ2) is 29.8. The lowest BCUT2D eigenvalue weighted by molar-refractivity contribution is -0.161. The summed E-state index contributed by atoms with van der Waals surface area (Å²) in [6, 6.07) is 0. The van der Waals surface area contributed by atoms with Crippen LogP contribution in [0.25, 0.3) is 0 Å². The zero-order valence-corrected chi connectivity index (χ0v) is 27.8. The summed E-state index contributed by atoms with van der Waals surface area (Å²) in [7, 11) is -4.74. The van der Waals surface area contributed by atoms with Crippen LogP contribution < -0.4 is 0 Å². The van der Waals surface area contributed by atoms with Gasteiger partial charge in [0.25, 0.3) is 0 Å². The van der Waals surface area contributed by atoms with Crippen LogP contribution in [0.1, 0.15) is 168 Å². The number of carbonyl (C=O) groups is 2. The van der Waals surface area contributed by atoms with Crippen molar-refractivity contribution in [3.8, 4) is 0 Å². The van der Waals surface area contributed by atoms with E-state index in [9.17, 15) is 14.2 Å². The summed E-state index contributed by atoms with van der Waals surface area (Å²) >= 11 is 0. The zero-order valence-electron chi connectivity index (χ0n) is 26.9. The molecule has 1 atom stereocenters. The van der Waals surface area contributed by atoms with Crippen molar-refractivity contribution in [2.45, 2.75) is 174 Å². The number of ether oxygens (including phenoxy) is 2. The van der Waals surface area contributed by atoms with Gasteiger partial charge in [0.15, 0.2) is 6.10 Å². The largest absolute Gasteiger partial charge is 0.469 e. The van der Waals surface area contributed by atoms with E-state index >= 15 is 0 Å². The highest BCUT2D eigenvalue weighted by Gasteiger charge is 2.22. The van der Waals surface area contributed by atoms with Crippen LogP contribution in [0, 0.1) is 0 Å². The molecule has 0 spiro atoms. The highest BCUT2D eigenvalue weighted by Crippen LogP contribution is 2.35. The normalized spacial score (nSPS) is 12.6. The fraction of sp³-hybridized carbons (Fsp3) is 0.879. The predicted molar refractivity (Wildman–Crippen MR) is 170 cm³/mol. The van der Waals surface area contributed by atoms with E-state index in [2.05, 4.69) is 30.5 Å². The van der Waals surface area contributed by atoms with Crippen molar-refractivity contribution in [2.75, 3.05) is 13.2 Å². The second-order valence-electron chi connectivity index (χ2n) is 11.5. The monoisotopic (exact) mass is 618 g/mol. The minimum Gasteiger partial charge on any atom is -0.462 e. The Morgan fingerprint density at radius 2 is 1.00 bits per heavy atom. The van der Waals surface area contributed by atoms with Gasteiger partial charge in [0, 0.05) is 12.8 Å². The first-order chi connectivity index (χ1) is 20.3. The van der Waals surface area contributed by atoms with Gasteiger partial charge in [0.1, 0.15) is 6.61 Å². The van der Waals surface area contributed by atoms with E-state index in [0.717, 1.165) is 57.8 Å². The predicted octanol–water partition coefficient (Wildman–Crippen LogP) is 9.51. The summed E-state index contributed by atoms with van der Waals surface area (Å²) in [6.07, 6.45) is 29.3. The maximum absolute atomic E-state index is 12.3. The van der Waals surface area contributed by atoms with Crippen LogP contribution >= 0.6 is 7.82 Å². The van der Waals surface area contributed by atoms with Crippen molar-refractivity contribution in [3.63, 3.8) is 0 Å². The van der Waals surface area contributed by atoms with Gasteiger partial charge in [-0.2, -0.15) is 0 Å². The number of phosphoric acid groups is 1. The molecule has 42 heavy (non-hydrogen) atoms. The van der Waals surface area contributed by atoms with Crippen LogP contribution in [0.5, 0.6) is 0 Å². The Hall–Kier alpha value is -1.21. The molecule has 0 saturated carbocycles. The van der Waals surface area contributed by atoms with Gasteiger partial charge >= 0.3 is 19.8 Å². The van der Waals surface area contributed by atoms with Crippen molar-refractivity contribution in [2.24, 2.45) is 0 Å². The summed E-state index contributed by atoms with van der Waals surface area (Å²) in [6.45, 7) is 3.63. The first kappa shape index (κ1) is 40.8. The van der Waals surface area contributed by atoms with Gasteiger partial charge in [0.2, 0.25) is 0 Å². The fourth-order valence-corrected chi connectivity index (χ4v) is 5.08. The average Bonchev–Trinajstić information content (AvgIpc) is 2.95. The van der Waals surface area contributed by atoms with E-state index < -0.39 is 32.5 Å². The number of hydrogen-bond donors (Lipinski definition) is 2. The van der Waals surface area contributed by atoms with Crippen LogP contribution in [0.2, 0.25) is 0 Å². The number of carbonyl (C=O) groups excluding carboxylic acids is 2. The third-order valence-electron chi connectivity index (χ3n) is 7.28. The molecular weight excluding hydrogens is 555 g/mol. The van der Waals surface area contributed by atoms with E-state index in [-0.39, 0.29) is 19.4 Å². The lowest BCUT2D eigenvalue weighted by Crippen LogP contribution is -2.29. The summed E-state index contributed by atoms with van der Waals surface area (Å²) in [5.41, 5.74) is 0. The maximum atomic E-state index is 12.3. The summed E-state index contributed by atoms with van der Waals surface area (Å²) in [4.78, 5) is 42.5. The van der Waals surface area contributed by atoms with Gasteiger partial charge in [-0.15, -0.1) is 0 Å². The van der Waals surface area contributed by atoms with Gasteiger partial charge in [-0.05, 0) is 38.5 Å². The topological polar surface area (TPSA) is 119 Å². The standard InChI is InChI=1S/C33H63O8P/c1-3-5-7-9-11-13-15-17-19-21-23-25-27-32(34)39-29-31(30-40-42(36,37)38)41-33(35)28-26-24-22-20-18-16-14-12-10-8-6-4-2/h12,14,31H,3-11,13,15-30H2,1-2H3,(H2,36,37,38)/b14-12+/t31-/m1/s1. The summed E-state index contributed by atoms with van der Waals surface area (Å²) in [5, 5.41) is 0. The zero-order chi connectivity index (χ0) is 31.2. The molecule has 0 unspecified atom stereocenters. The third-order valence-corrected chi connectivity index (χ3v) is 7.77. The Balaban J connectivity index is 4.01. The Kier molecular flexibility index (Phi) is 29.0. The van der Waals surface area contributed by atoms with Gasteiger partial charge < -0.3 is 19.3 Å². The van der Waals surface area contributed by atoms with Gasteiger partial charge in [0.05, 0.1) is 6.61 Å². The molecule has 0 aromatic carbocycles. The maximum Gasteiger partial charge on any atom is 0.469 e. The van der Waals surface area contributed by atoms with Crippen LogP contribution in [0.15, 0.2) is 12.2 Å². The molecule has 8 nitrogen and oxygen atoms in total. The van der Waals surface area contributed by atoms with E-state index in [1.54, 1.807) is 0 Å². The Morgan fingerprint density at radius 3 is 1.50 bits per heavy atom. The first-order valence-corrected chi connectivity index (χ1v) is 18.5. The molecule has 9 heteroatoms. The molecule has 0 aliphatic carbocycles. The smallest absolute Gasteiger partial charge is 0.462 e.